The Morgan fingerprint density at radius 3 is 2.73 bits per heavy atom. The molecule has 1 aromatic carbocycles. The molecule has 14 heteroatoms. The van der Waals surface area contributed by atoms with Crippen molar-refractivity contribution >= 4 is 25.1 Å². The van der Waals surface area contributed by atoms with Crippen molar-refractivity contribution < 1.29 is 33.0 Å². The Morgan fingerprint density at radius 2 is 2.05 bits per heavy atom. The van der Waals surface area contributed by atoms with Crippen LogP contribution in [0.2, 0.25) is 0 Å². The van der Waals surface area contributed by atoms with Crippen molar-refractivity contribution in [3.63, 3.8) is 0 Å². The highest BCUT2D eigenvalue weighted by Crippen LogP contribution is 2.47. The number of hydrogen-bond donors (Lipinski definition) is 3. The molecule has 41 heavy (non-hydrogen) atoms. The number of esters is 1. The Kier molecular flexibility index (Phi) is 9.63. The molecule has 1 aliphatic heterocycles. The number of carbonyl (C=O) groups is 1. The summed E-state index contributed by atoms with van der Waals surface area (Å²) in [4.78, 5) is 16.6. The summed E-state index contributed by atoms with van der Waals surface area (Å²) in [7, 11) is -4.18. The first kappa shape index (κ1) is 30.4. The number of nitriles is 1. The summed E-state index contributed by atoms with van der Waals surface area (Å²) in [6.45, 7) is 5.46. The van der Waals surface area contributed by atoms with Crippen LogP contribution in [0, 0.1) is 17.2 Å². The molecule has 1 fully saturated rings. The zero-order chi connectivity index (χ0) is 29.6. The smallest absolute Gasteiger partial charge is 0.459 e. The Hall–Kier alpha value is -3.53. The lowest BCUT2D eigenvalue weighted by atomic mass is 9.94. The van der Waals surface area contributed by atoms with Crippen molar-refractivity contribution in [1.29, 1.82) is 5.26 Å². The number of hydrogen-bond acceptors (Lipinski definition) is 11. The number of aliphatic hydroxyl groups excluding tert-OH is 1. The number of benzene rings is 1. The molecular weight excluding hydrogens is 551 g/mol. The standard InChI is InChI=1S/C27H35N6O7P/c1-4-19(5-2)14-37-26(35)18(3)32-41(36,40-20-9-7-6-8-10-20)38-15-21-13-24(34)27(16-28,39-21)23-12-11-22-25(29)30-17-31-33(22)23/h6-12,17-19,21,24,34H,4-5,13-15H2,1-3H3,(H,32,36)(H2,29,30,31)/t18-,21-,24+,27-,41?/m0/s1. The molecule has 1 unspecified atom stereocenters. The third kappa shape index (κ3) is 6.69. The quantitative estimate of drug-likeness (QED) is 0.196. The van der Waals surface area contributed by atoms with Crippen molar-refractivity contribution in [3.8, 4) is 11.8 Å². The van der Waals surface area contributed by atoms with Crippen LogP contribution in [0.15, 0.2) is 48.8 Å². The first-order valence-corrected chi connectivity index (χ1v) is 15.0. The van der Waals surface area contributed by atoms with Gasteiger partial charge < -0.3 is 24.8 Å². The summed E-state index contributed by atoms with van der Waals surface area (Å²) >= 11 is 0. The predicted octanol–water partition coefficient (Wildman–Crippen LogP) is 3.34. The van der Waals surface area contributed by atoms with Gasteiger partial charge in [-0.3, -0.25) is 9.32 Å². The van der Waals surface area contributed by atoms with Gasteiger partial charge >= 0.3 is 13.7 Å². The Morgan fingerprint density at radius 1 is 1.32 bits per heavy atom. The van der Waals surface area contributed by atoms with Crippen LogP contribution in [0.4, 0.5) is 5.82 Å². The number of nitrogen functional groups attached to an aromatic ring is 1. The van der Waals surface area contributed by atoms with E-state index in [1.807, 2.05) is 13.8 Å². The molecule has 13 nitrogen and oxygen atoms in total. The minimum atomic E-state index is -4.18. The average molecular weight is 587 g/mol. The molecule has 0 bridgehead atoms. The number of rotatable bonds is 13. The minimum absolute atomic E-state index is 0.0142. The highest BCUT2D eigenvalue weighted by Gasteiger charge is 2.52. The molecule has 1 saturated heterocycles. The van der Waals surface area contributed by atoms with Crippen LogP contribution >= 0.6 is 7.75 Å². The SMILES string of the molecule is CCC(CC)COC(=O)[C@H](C)NP(=O)(OC[C@@H]1C[C@@H](O)[C@](C#N)(c2ccc3c(N)ncnn23)O1)Oc1ccccc1. The van der Waals surface area contributed by atoms with Crippen LogP contribution in [0.1, 0.15) is 45.7 Å². The number of nitrogens with two attached hydrogens (primary N) is 1. The van der Waals surface area contributed by atoms with Gasteiger partial charge in [-0.15, -0.1) is 0 Å². The summed E-state index contributed by atoms with van der Waals surface area (Å²) < 4.78 is 38.1. The lowest BCUT2D eigenvalue weighted by Crippen LogP contribution is -2.37. The minimum Gasteiger partial charge on any atom is -0.464 e. The molecule has 1 aliphatic rings. The van der Waals surface area contributed by atoms with E-state index in [-0.39, 0.29) is 42.8 Å². The van der Waals surface area contributed by atoms with E-state index >= 15 is 0 Å². The van der Waals surface area contributed by atoms with Gasteiger partial charge in [0.15, 0.2) is 5.82 Å². The molecule has 0 amide bonds. The fourth-order valence-electron chi connectivity index (χ4n) is 4.56. The van der Waals surface area contributed by atoms with E-state index in [9.17, 15) is 19.7 Å². The van der Waals surface area contributed by atoms with Crippen molar-refractivity contribution in [3.05, 3.63) is 54.5 Å². The monoisotopic (exact) mass is 586 g/mol. The molecule has 4 rings (SSSR count). The number of aliphatic hydroxyl groups is 1. The Balaban J connectivity index is 1.49. The van der Waals surface area contributed by atoms with Crippen molar-refractivity contribution in [2.45, 2.75) is 63.9 Å². The molecule has 0 saturated carbocycles. The van der Waals surface area contributed by atoms with Crippen molar-refractivity contribution in [1.82, 2.24) is 19.7 Å². The fourth-order valence-corrected chi connectivity index (χ4v) is 6.08. The third-order valence-electron chi connectivity index (χ3n) is 7.06. The van der Waals surface area contributed by atoms with Gasteiger partial charge in [-0.2, -0.15) is 15.4 Å². The Labute approximate surface area is 238 Å². The number of nitrogens with zero attached hydrogens (tertiary/aromatic N) is 4. The first-order valence-electron chi connectivity index (χ1n) is 13.4. The topological polar surface area (TPSA) is 183 Å². The van der Waals surface area contributed by atoms with Crippen molar-refractivity contribution in [2.75, 3.05) is 18.9 Å². The average Bonchev–Trinajstić information content (AvgIpc) is 3.55. The molecule has 3 heterocycles. The fraction of sp³-hybridized carbons (Fsp3) is 0.481. The molecule has 0 aliphatic carbocycles. The van der Waals surface area contributed by atoms with Gasteiger partial charge in [0.2, 0.25) is 5.60 Å². The maximum atomic E-state index is 13.9. The summed E-state index contributed by atoms with van der Waals surface area (Å²) in [5, 5.41) is 27.9. The van der Waals surface area contributed by atoms with Crippen LogP contribution in [0.25, 0.3) is 5.52 Å². The lowest BCUT2D eigenvalue weighted by molar-refractivity contribution is -0.146. The predicted molar refractivity (Wildman–Crippen MR) is 148 cm³/mol. The van der Waals surface area contributed by atoms with Crippen LogP contribution < -0.4 is 15.3 Å². The number of para-hydroxylation sites is 1. The maximum absolute atomic E-state index is 13.9. The normalized spacial score (nSPS) is 22.7. The van der Waals surface area contributed by atoms with Gasteiger partial charge in [-0.05, 0) is 37.1 Å². The van der Waals surface area contributed by atoms with E-state index in [1.54, 1.807) is 42.5 Å². The molecule has 4 N–H and O–H groups in total. The summed E-state index contributed by atoms with van der Waals surface area (Å²) in [5.74, 6) is 0.0671. The highest BCUT2D eigenvalue weighted by atomic mass is 31.2. The molecule has 3 aromatic rings. The number of aromatic nitrogens is 3. The van der Waals surface area contributed by atoms with Gasteiger partial charge in [0.25, 0.3) is 0 Å². The van der Waals surface area contributed by atoms with E-state index in [0.717, 1.165) is 12.8 Å². The third-order valence-corrected chi connectivity index (χ3v) is 8.70. The second-order valence-corrected chi connectivity index (χ2v) is 11.6. The number of anilines is 1. The number of nitrogens with one attached hydrogen (secondary N) is 1. The van der Waals surface area contributed by atoms with Gasteiger partial charge in [-0.25, -0.2) is 14.1 Å². The summed E-state index contributed by atoms with van der Waals surface area (Å²) in [5.41, 5.74) is 4.82. The van der Waals surface area contributed by atoms with Crippen molar-refractivity contribution in [2.24, 2.45) is 5.92 Å². The maximum Gasteiger partial charge on any atom is 0.459 e. The molecular formula is C27H35N6O7P. The van der Waals surface area contributed by atoms with E-state index in [0.29, 0.717) is 5.52 Å². The zero-order valence-electron chi connectivity index (χ0n) is 23.2. The van der Waals surface area contributed by atoms with E-state index in [1.165, 1.54) is 17.8 Å². The molecule has 220 valence electrons. The summed E-state index contributed by atoms with van der Waals surface area (Å²) in [6.07, 6.45) is 0.818. The second kappa shape index (κ2) is 13.0. The lowest BCUT2D eigenvalue weighted by Gasteiger charge is -2.26. The van der Waals surface area contributed by atoms with Crippen LogP contribution in [0.3, 0.4) is 0 Å². The highest BCUT2D eigenvalue weighted by molar-refractivity contribution is 7.52. The Bertz CT molecular complexity index is 1430. The van der Waals surface area contributed by atoms with Gasteiger partial charge in [-0.1, -0.05) is 44.9 Å². The molecule has 0 radical (unpaired) electrons. The van der Waals surface area contributed by atoms with E-state index in [4.69, 9.17) is 24.3 Å². The number of ether oxygens (including phenoxy) is 2. The molecule has 0 spiro atoms. The van der Waals surface area contributed by atoms with Gasteiger partial charge in [0.1, 0.15) is 35.8 Å². The van der Waals surface area contributed by atoms with Crippen LogP contribution in [-0.4, -0.2) is 57.1 Å². The van der Waals surface area contributed by atoms with Crippen LogP contribution in [-0.2, 0) is 29.0 Å². The van der Waals surface area contributed by atoms with E-state index < -0.39 is 37.6 Å². The largest absolute Gasteiger partial charge is 0.464 e. The number of fused-ring (bicyclic) bond motifs is 1. The van der Waals surface area contributed by atoms with Gasteiger partial charge in [0, 0.05) is 6.42 Å². The van der Waals surface area contributed by atoms with Gasteiger partial charge in [0.05, 0.1) is 25.0 Å². The molecule has 2 aromatic heterocycles. The van der Waals surface area contributed by atoms with E-state index in [2.05, 4.69) is 21.2 Å². The molecule has 5 atom stereocenters. The summed E-state index contributed by atoms with van der Waals surface area (Å²) in [6, 6.07) is 12.6. The second-order valence-electron chi connectivity index (χ2n) is 9.86. The zero-order valence-corrected chi connectivity index (χ0v) is 24.1. The van der Waals surface area contributed by atoms with Crippen LogP contribution in [0.5, 0.6) is 5.75 Å². The first-order chi connectivity index (χ1) is 19.6. The number of carbonyl (C=O) groups excluding carboxylic acids is 1.